The highest BCUT2D eigenvalue weighted by atomic mass is 32.2. The molecule has 0 fully saturated rings. The number of hydrogen-bond donors (Lipinski definition) is 1. The number of hydrogen-bond acceptors (Lipinski definition) is 4. The van der Waals surface area contributed by atoms with Gasteiger partial charge in [0.1, 0.15) is 5.75 Å². The van der Waals surface area contributed by atoms with Crippen molar-refractivity contribution >= 4 is 27.5 Å². The van der Waals surface area contributed by atoms with Gasteiger partial charge in [-0.3, -0.25) is 4.79 Å². The summed E-state index contributed by atoms with van der Waals surface area (Å²) in [6.45, 7) is 0. The van der Waals surface area contributed by atoms with Gasteiger partial charge in [-0.05, 0) is 23.8 Å². The van der Waals surface area contributed by atoms with Gasteiger partial charge in [0, 0.05) is 12.8 Å². The van der Waals surface area contributed by atoms with Crippen LogP contribution in [0, 0.1) is 12.3 Å². The maximum absolute atomic E-state index is 11.9. The van der Waals surface area contributed by atoms with E-state index < -0.39 is 9.84 Å². The van der Waals surface area contributed by atoms with Crippen LogP contribution >= 0.6 is 0 Å². The molecule has 1 N–H and O–H groups in total. The number of sulfone groups is 1. The zero-order valence-corrected chi connectivity index (χ0v) is 12.1. The number of hydrazone groups is 1. The molecule has 1 heterocycles. The lowest BCUT2D eigenvalue weighted by Crippen LogP contribution is -2.24. The van der Waals surface area contributed by atoms with Crippen LogP contribution in [-0.4, -0.2) is 25.8 Å². The van der Waals surface area contributed by atoms with Gasteiger partial charge in [0.25, 0.3) is 0 Å². The molecule has 1 amide bonds. The molecule has 0 aliphatic carbocycles. The van der Waals surface area contributed by atoms with Gasteiger partial charge in [-0.1, -0.05) is 24.1 Å². The number of rotatable bonds is 4. The maximum Gasteiger partial charge on any atom is 0.240 e. The van der Waals surface area contributed by atoms with Gasteiger partial charge in [-0.15, -0.1) is 6.42 Å². The molecule has 21 heavy (non-hydrogen) atoms. The fourth-order valence-electron chi connectivity index (χ4n) is 1.81. The molecule has 0 saturated heterocycles. The molecular formula is C15H14N2O3S. The Labute approximate surface area is 123 Å². The minimum Gasteiger partial charge on any atom is -0.273 e. The fourth-order valence-corrected chi connectivity index (χ4v) is 2.79. The Morgan fingerprint density at radius 1 is 1.33 bits per heavy atom. The van der Waals surface area contributed by atoms with Gasteiger partial charge in [0.05, 0.1) is 10.6 Å². The summed E-state index contributed by atoms with van der Waals surface area (Å²) in [5.41, 5.74) is 3.87. The van der Waals surface area contributed by atoms with Gasteiger partial charge in [0.15, 0.2) is 9.84 Å². The topological polar surface area (TPSA) is 75.6 Å². The predicted molar refractivity (Wildman–Crippen MR) is 81.2 cm³/mol. The summed E-state index contributed by atoms with van der Waals surface area (Å²) in [5.74, 6) is 1.73. The summed E-state index contributed by atoms with van der Waals surface area (Å²) in [6.07, 6.45) is 9.54. The summed E-state index contributed by atoms with van der Waals surface area (Å²) in [4.78, 5) is 11.2. The number of amides is 1. The van der Waals surface area contributed by atoms with Crippen LogP contribution < -0.4 is 5.43 Å². The van der Waals surface area contributed by atoms with Crippen LogP contribution in [0.3, 0.4) is 0 Å². The molecule has 0 unspecified atom stereocenters. The van der Waals surface area contributed by atoms with Gasteiger partial charge in [0.2, 0.25) is 5.91 Å². The van der Waals surface area contributed by atoms with E-state index in [0.29, 0.717) is 12.8 Å². The molecule has 1 aromatic carbocycles. The molecule has 5 nitrogen and oxygen atoms in total. The largest absolute Gasteiger partial charge is 0.273 e. The van der Waals surface area contributed by atoms with Crippen molar-refractivity contribution in [3.8, 4) is 12.3 Å². The lowest BCUT2D eigenvalue weighted by molar-refractivity contribution is -0.121. The summed E-state index contributed by atoms with van der Waals surface area (Å²) in [5, 5.41) is 3.91. The van der Waals surface area contributed by atoms with Crippen molar-refractivity contribution < 1.29 is 13.2 Å². The first-order chi connectivity index (χ1) is 10.0. The maximum atomic E-state index is 11.9. The van der Waals surface area contributed by atoms with Gasteiger partial charge in [-0.2, -0.15) is 5.10 Å². The Morgan fingerprint density at radius 2 is 2.14 bits per heavy atom. The second kappa shape index (κ2) is 6.37. The van der Waals surface area contributed by atoms with Crippen molar-refractivity contribution in [2.45, 2.75) is 17.7 Å². The lowest BCUT2D eigenvalue weighted by Gasteiger charge is -2.08. The van der Waals surface area contributed by atoms with Crippen molar-refractivity contribution in [1.29, 1.82) is 0 Å². The first kappa shape index (κ1) is 15.0. The fraction of sp³-hybridized carbons (Fsp3) is 0.200. The normalized spacial score (nSPS) is 15.4. The monoisotopic (exact) mass is 302 g/mol. The number of nitrogens with zero attached hydrogens (tertiary/aromatic N) is 1. The minimum atomic E-state index is -3.44. The van der Waals surface area contributed by atoms with Crippen molar-refractivity contribution in [1.82, 2.24) is 5.43 Å². The zero-order valence-electron chi connectivity index (χ0n) is 11.2. The molecule has 1 aliphatic heterocycles. The molecule has 108 valence electrons. The molecule has 2 rings (SSSR count). The third-order valence-corrected chi connectivity index (χ3v) is 4.41. The highest BCUT2D eigenvalue weighted by Gasteiger charge is 2.12. The Hall–Kier alpha value is -2.39. The number of carbonyl (C=O) groups excluding carboxylic acids is 1. The van der Waals surface area contributed by atoms with Crippen molar-refractivity contribution in [2.75, 3.05) is 5.75 Å². The number of nitrogens with one attached hydrogen (secondary N) is 1. The van der Waals surface area contributed by atoms with Gasteiger partial charge in [-0.25, -0.2) is 13.8 Å². The Kier molecular flexibility index (Phi) is 4.55. The van der Waals surface area contributed by atoms with Crippen LogP contribution in [0.1, 0.15) is 18.4 Å². The van der Waals surface area contributed by atoms with Crippen LogP contribution in [0.2, 0.25) is 0 Å². The second-order valence-electron chi connectivity index (χ2n) is 4.51. The Balaban J connectivity index is 2.19. The molecule has 0 bridgehead atoms. The summed E-state index contributed by atoms with van der Waals surface area (Å²) in [6, 6.07) is 6.52. The quantitative estimate of drug-likeness (QED) is 0.854. The Morgan fingerprint density at radius 3 is 2.81 bits per heavy atom. The first-order valence-corrected chi connectivity index (χ1v) is 7.96. The van der Waals surface area contributed by atoms with E-state index in [9.17, 15) is 13.2 Å². The van der Waals surface area contributed by atoms with Crippen LogP contribution in [0.5, 0.6) is 0 Å². The van der Waals surface area contributed by atoms with Crippen molar-refractivity contribution in [3.05, 3.63) is 35.9 Å². The molecule has 0 saturated carbocycles. The highest BCUT2D eigenvalue weighted by Crippen LogP contribution is 2.14. The predicted octanol–water partition coefficient (Wildman–Crippen LogP) is 1.37. The minimum absolute atomic E-state index is 0.102. The Bertz CT molecular complexity index is 755. The van der Waals surface area contributed by atoms with Crippen molar-refractivity contribution in [2.24, 2.45) is 5.10 Å². The number of terminal acetylenes is 1. The molecule has 6 heteroatoms. The lowest BCUT2D eigenvalue weighted by atomic mass is 10.1. The first-order valence-electron chi connectivity index (χ1n) is 6.31. The van der Waals surface area contributed by atoms with E-state index in [1.54, 1.807) is 30.4 Å². The average molecular weight is 302 g/mol. The van der Waals surface area contributed by atoms with Crippen LogP contribution in [-0.2, 0) is 14.6 Å². The molecule has 0 aromatic heterocycles. The van der Waals surface area contributed by atoms with E-state index in [0.717, 1.165) is 11.3 Å². The van der Waals surface area contributed by atoms with E-state index in [2.05, 4.69) is 16.4 Å². The second-order valence-corrected chi connectivity index (χ2v) is 6.50. The van der Waals surface area contributed by atoms with E-state index >= 15 is 0 Å². The van der Waals surface area contributed by atoms with E-state index in [4.69, 9.17) is 6.42 Å². The van der Waals surface area contributed by atoms with E-state index in [1.807, 2.05) is 0 Å². The van der Waals surface area contributed by atoms with Crippen molar-refractivity contribution in [3.63, 3.8) is 0 Å². The van der Waals surface area contributed by atoms with Gasteiger partial charge < -0.3 is 0 Å². The average Bonchev–Trinajstić information content (AvgIpc) is 2.47. The number of carbonyl (C=O) groups is 1. The molecular weight excluding hydrogens is 288 g/mol. The number of allylic oxidation sites excluding steroid dienone is 1. The molecule has 1 aromatic rings. The number of benzene rings is 1. The van der Waals surface area contributed by atoms with Crippen LogP contribution in [0.4, 0.5) is 0 Å². The molecule has 0 spiro atoms. The summed E-state index contributed by atoms with van der Waals surface area (Å²) >= 11 is 0. The zero-order chi connectivity index (χ0) is 15.3. The van der Waals surface area contributed by atoms with Crippen LogP contribution in [0.25, 0.3) is 6.08 Å². The SMILES string of the molecule is C#CCS(=O)(=O)c1cccc(C=CC2=NNC(=O)CC2)c1. The van der Waals surface area contributed by atoms with Crippen LogP contribution in [0.15, 0.2) is 40.3 Å². The molecule has 0 radical (unpaired) electrons. The summed E-state index contributed by atoms with van der Waals surface area (Å²) in [7, 11) is -3.44. The molecule has 1 aliphatic rings. The highest BCUT2D eigenvalue weighted by molar-refractivity contribution is 7.91. The van der Waals surface area contributed by atoms with Gasteiger partial charge >= 0.3 is 0 Å². The standard InChI is InChI=1S/C15H14N2O3S/c1-2-10-21(19,20)14-5-3-4-12(11-14)6-7-13-8-9-15(18)17-16-13/h1,3-7,11H,8-10H2,(H,17,18). The third kappa shape index (κ3) is 4.04. The smallest absolute Gasteiger partial charge is 0.240 e. The summed E-state index contributed by atoms with van der Waals surface area (Å²) < 4.78 is 23.8. The van der Waals surface area contributed by atoms with E-state index in [-0.39, 0.29) is 16.6 Å². The molecule has 0 atom stereocenters. The van der Waals surface area contributed by atoms with E-state index in [1.165, 1.54) is 6.07 Å². The third-order valence-electron chi connectivity index (χ3n) is 2.89.